The molecule has 27 heavy (non-hydrogen) atoms. The first-order valence-corrected chi connectivity index (χ1v) is 9.83. The topological polar surface area (TPSA) is 65.1 Å². The highest BCUT2D eigenvalue weighted by molar-refractivity contribution is 5.39. The first kappa shape index (κ1) is 18.2. The maximum absolute atomic E-state index is 12.3. The van der Waals surface area contributed by atoms with Crippen LogP contribution < -0.4 is 10.3 Å². The molecule has 2 aliphatic rings. The predicted molar refractivity (Wildman–Crippen MR) is 107 cm³/mol. The van der Waals surface area contributed by atoms with E-state index in [1.54, 1.807) is 0 Å². The Hall–Kier alpha value is -2.21. The fraction of sp³-hybridized carbons (Fsp3) is 0.571. The van der Waals surface area contributed by atoms with Gasteiger partial charge in [-0.05, 0) is 51.6 Å². The maximum atomic E-state index is 12.3. The zero-order chi connectivity index (χ0) is 19.2. The van der Waals surface area contributed by atoms with E-state index in [9.17, 15) is 4.79 Å². The van der Waals surface area contributed by atoms with Crippen molar-refractivity contribution >= 4 is 5.95 Å². The summed E-state index contributed by atoms with van der Waals surface area (Å²) in [6.45, 7) is 6.66. The van der Waals surface area contributed by atoms with E-state index in [0.29, 0.717) is 0 Å². The van der Waals surface area contributed by atoms with Crippen molar-refractivity contribution in [1.82, 2.24) is 19.9 Å². The van der Waals surface area contributed by atoms with Crippen LogP contribution in [0.1, 0.15) is 47.3 Å². The van der Waals surface area contributed by atoms with Crippen LogP contribution in [0.15, 0.2) is 17.2 Å². The summed E-state index contributed by atoms with van der Waals surface area (Å²) in [6.07, 6.45) is 8.42. The number of aromatic nitrogens is 3. The minimum absolute atomic E-state index is 0.125. The largest absolute Gasteiger partial charge is 0.363 e. The molecule has 2 aromatic rings. The molecule has 3 heterocycles. The van der Waals surface area contributed by atoms with Crippen molar-refractivity contribution < 1.29 is 0 Å². The van der Waals surface area contributed by atoms with Crippen molar-refractivity contribution in [1.29, 1.82) is 0 Å². The normalized spacial score (nSPS) is 22.2. The zero-order valence-electron chi connectivity index (χ0n) is 16.8. The van der Waals surface area contributed by atoms with E-state index in [1.807, 2.05) is 45.2 Å². The van der Waals surface area contributed by atoms with Crippen LogP contribution in [-0.4, -0.2) is 47.0 Å². The highest BCUT2D eigenvalue weighted by Gasteiger charge is 2.43. The average Bonchev–Trinajstić information content (AvgIpc) is 3.00. The summed E-state index contributed by atoms with van der Waals surface area (Å²) in [4.78, 5) is 29.5. The van der Waals surface area contributed by atoms with E-state index in [1.165, 1.54) is 17.7 Å². The highest BCUT2D eigenvalue weighted by atomic mass is 16.1. The molecule has 0 saturated carbocycles. The van der Waals surface area contributed by atoms with Crippen LogP contribution in [-0.2, 0) is 18.4 Å². The fourth-order valence-corrected chi connectivity index (χ4v) is 4.70. The highest BCUT2D eigenvalue weighted by Crippen LogP contribution is 2.44. The van der Waals surface area contributed by atoms with Crippen LogP contribution in [0.3, 0.4) is 0 Å². The van der Waals surface area contributed by atoms with Crippen LogP contribution in [0.5, 0.6) is 0 Å². The number of nitrogens with one attached hydrogen (secondary N) is 1. The third kappa shape index (κ3) is 3.16. The van der Waals surface area contributed by atoms with Gasteiger partial charge in [-0.2, -0.15) is 0 Å². The maximum Gasteiger partial charge on any atom is 0.225 e. The smallest absolute Gasteiger partial charge is 0.225 e. The number of fused-ring (bicyclic) bond motifs is 2. The Labute approximate surface area is 160 Å². The van der Waals surface area contributed by atoms with Gasteiger partial charge in [-0.25, -0.2) is 9.97 Å². The van der Waals surface area contributed by atoms with Gasteiger partial charge in [-0.1, -0.05) is 0 Å². The lowest BCUT2D eigenvalue weighted by atomic mass is 9.77. The van der Waals surface area contributed by atoms with Crippen molar-refractivity contribution in [3.63, 3.8) is 0 Å². The molecule has 144 valence electrons. The van der Waals surface area contributed by atoms with E-state index in [-0.39, 0.29) is 10.8 Å². The van der Waals surface area contributed by atoms with E-state index in [2.05, 4.69) is 14.9 Å². The number of hydrogen-bond donors (Lipinski definition) is 1. The standard InChI is InChI=1S/C21H29N5O/c1-14-10-22-17(15(2)18(14)27)12-26-9-5-7-21(13-26)8-6-16-11-23-20(25(3)4)24-19(16)21/h10-11H,5-9,12-13H2,1-4H3,(H,22,27). The Morgan fingerprint density at radius 2 is 2.11 bits per heavy atom. The van der Waals surface area contributed by atoms with Gasteiger partial charge in [-0.3, -0.25) is 9.69 Å². The number of H-pyrrole nitrogens is 1. The molecule has 6 heteroatoms. The van der Waals surface area contributed by atoms with Gasteiger partial charge in [0.2, 0.25) is 5.95 Å². The molecule has 1 fully saturated rings. The van der Waals surface area contributed by atoms with Gasteiger partial charge in [0.1, 0.15) is 0 Å². The minimum Gasteiger partial charge on any atom is -0.363 e. The first-order chi connectivity index (χ1) is 12.9. The second-order valence-electron chi connectivity index (χ2n) is 8.44. The second kappa shape index (κ2) is 6.75. The Morgan fingerprint density at radius 1 is 1.30 bits per heavy atom. The summed E-state index contributed by atoms with van der Waals surface area (Å²) in [5, 5.41) is 0. The number of aromatic amines is 1. The number of aryl methyl sites for hydroxylation is 2. The lowest BCUT2D eigenvalue weighted by molar-refractivity contribution is 0.135. The van der Waals surface area contributed by atoms with Gasteiger partial charge >= 0.3 is 0 Å². The van der Waals surface area contributed by atoms with E-state index in [4.69, 9.17) is 4.98 Å². The quantitative estimate of drug-likeness (QED) is 0.902. The number of hydrogen-bond acceptors (Lipinski definition) is 5. The Morgan fingerprint density at radius 3 is 2.89 bits per heavy atom. The number of pyridine rings is 1. The van der Waals surface area contributed by atoms with E-state index >= 15 is 0 Å². The van der Waals surface area contributed by atoms with Gasteiger partial charge in [0.25, 0.3) is 0 Å². The summed E-state index contributed by atoms with van der Waals surface area (Å²) in [6, 6.07) is 0. The van der Waals surface area contributed by atoms with Crippen molar-refractivity contribution in [2.75, 3.05) is 32.1 Å². The molecule has 6 nitrogen and oxygen atoms in total. The fourth-order valence-electron chi connectivity index (χ4n) is 4.70. The molecule has 0 bridgehead atoms. The average molecular weight is 367 g/mol. The molecule has 1 aliphatic heterocycles. The van der Waals surface area contributed by atoms with Crippen LogP contribution in [0.2, 0.25) is 0 Å². The molecular formula is C21H29N5O. The van der Waals surface area contributed by atoms with Gasteiger partial charge in [0, 0.05) is 61.8 Å². The lowest BCUT2D eigenvalue weighted by Crippen LogP contribution is -2.45. The van der Waals surface area contributed by atoms with Crippen molar-refractivity contribution in [3.05, 3.63) is 50.7 Å². The molecule has 1 saturated heterocycles. The molecule has 2 aromatic heterocycles. The van der Waals surface area contributed by atoms with E-state index < -0.39 is 0 Å². The monoisotopic (exact) mass is 367 g/mol. The lowest BCUT2D eigenvalue weighted by Gasteiger charge is -2.40. The first-order valence-electron chi connectivity index (χ1n) is 9.83. The van der Waals surface area contributed by atoms with Gasteiger partial charge in [0.05, 0.1) is 5.69 Å². The van der Waals surface area contributed by atoms with Crippen molar-refractivity contribution in [3.8, 4) is 0 Å². The Balaban J connectivity index is 1.61. The molecular weight excluding hydrogens is 338 g/mol. The summed E-state index contributed by atoms with van der Waals surface area (Å²) in [5.74, 6) is 0.797. The number of piperidine rings is 1. The van der Waals surface area contributed by atoms with E-state index in [0.717, 1.165) is 61.7 Å². The van der Waals surface area contributed by atoms with Crippen LogP contribution in [0, 0.1) is 13.8 Å². The van der Waals surface area contributed by atoms with Crippen LogP contribution >= 0.6 is 0 Å². The van der Waals surface area contributed by atoms with Gasteiger partial charge in [-0.15, -0.1) is 0 Å². The Bertz CT molecular complexity index is 915. The zero-order valence-corrected chi connectivity index (χ0v) is 16.8. The molecule has 1 atom stereocenters. The van der Waals surface area contributed by atoms with Crippen LogP contribution in [0.25, 0.3) is 0 Å². The minimum atomic E-state index is 0.125. The molecule has 4 rings (SSSR count). The number of rotatable bonds is 3. The Kier molecular flexibility index (Phi) is 4.54. The molecule has 1 spiro atoms. The number of likely N-dealkylation sites (tertiary alicyclic amines) is 1. The summed E-state index contributed by atoms with van der Waals surface area (Å²) in [7, 11) is 3.99. The van der Waals surface area contributed by atoms with Crippen molar-refractivity contribution in [2.24, 2.45) is 0 Å². The van der Waals surface area contributed by atoms with Gasteiger partial charge in [0.15, 0.2) is 5.43 Å². The van der Waals surface area contributed by atoms with Crippen molar-refractivity contribution in [2.45, 2.75) is 51.5 Å². The molecule has 1 N–H and O–H groups in total. The summed E-state index contributed by atoms with van der Waals surface area (Å²) in [5.41, 5.74) is 5.51. The second-order valence-corrected chi connectivity index (χ2v) is 8.44. The number of nitrogens with zero attached hydrogens (tertiary/aromatic N) is 4. The molecule has 0 aromatic carbocycles. The molecule has 0 radical (unpaired) electrons. The third-order valence-corrected chi connectivity index (χ3v) is 6.28. The SMILES string of the molecule is Cc1c[nH]c(CN2CCCC3(CCc4cnc(N(C)C)nc43)C2)c(C)c1=O. The summed E-state index contributed by atoms with van der Waals surface area (Å²) >= 11 is 0. The predicted octanol–water partition coefficient (Wildman–Crippen LogP) is 2.33. The number of anilines is 1. The molecule has 1 aliphatic carbocycles. The molecule has 1 unspecified atom stereocenters. The third-order valence-electron chi connectivity index (χ3n) is 6.28. The van der Waals surface area contributed by atoms with Crippen LogP contribution in [0.4, 0.5) is 5.95 Å². The molecule has 0 amide bonds. The summed E-state index contributed by atoms with van der Waals surface area (Å²) < 4.78 is 0. The van der Waals surface area contributed by atoms with Gasteiger partial charge < -0.3 is 9.88 Å².